The summed E-state index contributed by atoms with van der Waals surface area (Å²) in [6.45, 7) is 7.29. The van der Waals surface area contributed by atoms with Gasteiger partial charge in [-0.05, 0) is 95.0 Å². The van der Waals surface area contributed by atoms with Gasteiger partial charge in [0.25, 0.3) is 5.91 Å². The summed E-state index contributed by atoms with van der Waals surface area (Å²) in [4.78, 5) is 38.7. The monoisotopic (exact) mass is 578 g/mol. The minimum absolute atomic E-state index is 0.230. The lowest BCUT2D eigenvalue weighted by molar-refractivity contribution is -0.155. The van der Waals surface area contributed by atoms with Crippen molar-refractivity contribution >= 4 is 22.9 Å². The number of amides is 1. The molecule has 7 nitrogen and oxygen atoms in total. The maximum Gasteiger partial charge on any atom is 0.416 e. The molecule has 2 aromatic heterocycles. The first-order valence-corrected chi connectivity index (χ1v) is 13.7. The predicted molar refractivity (Wildman–Crippen MR) is 153 cm³/mol. The molecule has 0 aliphatic heterocycles. The number of nitrogens with zero attached hydrogens (tertiary/aromatic N) is 3. The van der Waals surface area contributed by atoms with Crippen LogP contribution in [0.5, 0.6) is 0 Å². The van der Waals surface area contributed by atoms with Crippen molar-refractivity contribution in [2.45, 2.75) is 71.2 Å². The van der Waals surface area contributed by atoms with Crippen LogP contribution in [-0.2, 0) is 22.1 Å². The summed E-state index contributed by atoms with van der Waals surface area (Å²) in [7, 11) is 0. The number of halogens is 3. The number of unbranched alkanes of at least 4 members (excludes halogenated alkanes) is 1. The fraction of sp³-hybridized carbons (Fsp3) is 0.344. The molecule has 0 fully saturated rings. The second-order valence-corrected chi connectivity index (χ2v) is 11.1. The first-order valence-electron chi connectivity index (χ1n) is 13.7. The number of hydrogen-bond donors (Lipinski definition) is 1. The van der Waals surface area contributed by atoms with Gasteiger partial charge in [0.1, 0.15) is 5.60 Å². The second kappa shape index (κ2) is 12.7. The third-order valence-corrected chi connectivity index (χ3v) is 6.50. The fourth-order valence-corrected chi connectivity index (χ4v) is 4.42. The molecular formula is C32H33F3N4O3. The molecule has 1 atom stereocenters. The van der Waals surface area contributed by atoms with Gasteiger partial charge in [-0.3, -0.25) is 14.6 Å². The van der Waals surface area contributed by atoms with Gasteiger partial charge in [0.2, 0.25) is 0 Å². The van der Waals surface area contributed by atoms with E-state index >= 15 is 0 Å². The predicted octanol–water partition coefficient (Wildman–Crippen LogP) is 7.26. The van der Waals surface area contributed by atoms with Crippen molar-refractivity contribution in [2.75, 3.05) is 0 Å². The van der Waals surface area contributed by atoms with Gasteiger partial charge in [0, 0.05) is 29.9 Å². The largest absolute Gasteiger partial charge is 0.460 e. The molecule has 0 radical (unpaired) electrons. The summed E-state index contributed by atoms with van der Waals surface area (Å²) in [5.74, 6) is -0.583. The van der Waals surface area contributed by atoms with Crippen LogP contribution in [-0.4, -0.2) is 32.4 Å². The molecule has 2 aromatic carbocycles. The molecule has 0 saturated carbocycles. The number of pyridine rings is 1. The highest BCUT2D eigenvalue weighted by atomic mass is 19.4. The number of carbonyl (C=O) groups excluding carboxylic acids is 2. The Balaban J connectivity index is 1.60. The molecule has 220 valence electrons. The number of aromatic nitrogens is 3. The van der Waals surface area contributed by atoms with E-state index in [0.717, 1.165) is 17.7 Å². The molecule has 0 aliphatic carbocycles. The summed E-state index contributed by atoms with van der Waals surface area (Å²) >= 11 is 0. The van der Waals surface area contributed by atoms with Crippen molar-refractivity contribution < 1.29 is 27.5 Å². The van der Waals surface area contributed by atoms with Crippen LogP contribution >= 0.6 is 0 Å². The molecule has 1 amide bonds. The van der Waals surface area contributed by atoms with Crippen LogP contribution in [0.3, 0.4) is 0 Å². The second-order valence-electron chi connectivity index (χ2n) is 11.1. The average Bonchev–Trinajstić information content (AvgIpc) is 2.93. The molecule has 0 saturated heterocycles. The lowest BCUT2D eigenvalue weighted by Gasteiger charge is -2.19. The molecule has 42 heavy (non-hydrogen) atoms. The Morgan fingerprint density at radius 2 is 1.60 bits per heavy atom. The molecule has 0 aliphatic rings. The number of fused-ring (bicyclic) bond motifs is 1. The standard InChI is InChI=1S/C32H33F3N4O3/c1-20(21-15-17-36-18-16-21)37-30(41)23-11-14-25-27(19-23)38-26(7-5-6-8-28(40)42-31(2,3)4)29(39-25)22-9-12-24(13-10-22)32(33,34)35/h9-20H,5-8H2,1-4H3,(H,37,41). The smallest absolute Gasteiger partial charge is 0.416 e. The highest BCUT2D eigenvalue weighted by Crippen LogP contribution is 2.32. The van der Waals surface area contributed by atoms with Gasteiger partial charge in [0.05, 0.1) is 34.0 Å². The van der Waals surface area contributed by atoms with Crippen LogP contribution < -0.4 is 5.32 Å². The maximum absolute atomic E-state index is 13.2. The summed E-state index contributed by atoms with van der Waals surface area (Å²) in [5.41, 5.74) is 2.48. The normalized spacial score (nSPS) is 12.6. The number of rotatable bonds is 9. The van der Waals surface area contributed by atoms with E-state index in [-0.39, 0.29) is 24.3 Å². The number of alkyl halides is 3. The molecule has 4 rings (SSSR count). The zero-order valence-electron chi connectivity index (χ0n) is 24.0. The van der Waals surface area contributed by atoms with E-state index in [0.29, 0.717) is 52.8 Å². The van der Waals surface area contributed by atoms with E-state index in [2.05, 4.69) is 10.3 Å². The number of ether oxygens (including phenoxy) is 1. The van der Waals surface area contributed by atoms with Crippen molar-refractivity contribution in [3.8, 4) is 11.3 Å². The molecule has 10 heteroatoms. The minimum atomic E-state index is -4.45. The van der Waals surface area contributed by atoms with Gasteiger partial charge in [-0.2, -0.15) is 13.2 Å². The molecule has 0 bridgehead atoms. The molecule has 1 N–H and O–H groups in total. The van der Waals surface area contributed by atoms with E-state index in [4.69, 9.17) is 14.7 Å². The number of benzene rings is 2. The van der Waals surface area contributed by atoms with Crippen LogP contribution in [0, 0.1) is 0 Å². The number of esters is 1. The topological polar surface area (TPSA) is 94.1 Å². The lowest BCUT2D eigenvalue weighted by atomic mass is 10.0. The Morgan fingerprint density at radius 1 is 0.905 bits per heavy atom. The molecule has 1 unspecified atom stereocenters. The highest BCUT2D eigenvalue weighted by molar-refractivity contribution is 5.97. The number of hydrogen-bond acceptors (Lipinski definition) is 6. The van der Waals surface area contributed by atoms with E-state index < -0.39 is 17.3 Å². The first kappa shape index (κ1) is 30.6. The Hall–Kier alpha value is -4.34. The Morgan fingerprint density at radius 3 is 2.24 bits per heavy atom. The lowest BCUT2D eigenvalue weighted by Crippen LogP contribution is -2.26. The quantitative estimate of drug-likeness (QED) is 0.166. The number of aryl methyl sites for hydroxylation is 1. The van der Waals surface area contributed by atoms with Gasteiger partial charge in [-0.15, -0.1) is 0 Å². The van der Waals surface area contributed by atoms with E-state index in [1.54, 1.807) is 51.4 Å². The molecule has 4 aromatic rings. The Labute approximate surface area is 242 Å². The van der Waals surface area contributed by atoms with Crippen LogP contribution in [0.1, 0.15) is 80.2 Å². The zero-order chi connectivity index (χ0) is 30.5. The molecule has 2 heterocycles. The molecular weight excluding hydrogens is 545 g/mol. The van der Waals surface area contributed by atoms with Crippen molar-refractivity contribution in [1.29, 1.82) is 0 Å². The maximum atomic E-state index is 13.2. The Bertz CT molecular complexity index is 1550. The SMILES string of the molecule is CC(NC(=O)c1ccc2nc(-c3ccc(C(F)(F)F)cc3)c(CCCCC(=O)OC(C)(C)C)nc2c1)c1ccncc1. The Kier molecular flexibility index (Phi) is 9.23. The third kappa shape index (κ3) is 8.11. The van der Waals surface area contributed by atoms with Gasteiger partial charge < -0.3 is 10.1 Å². The van der Waals surface area contributed by atoms with E-state index in [9.17, 15) is 22.8 Å². The minimum Gasteiger partial charge on any atom is -0.460 e. The molecule has 0 spiro atoms. The van der Waals surface area contributed by atoms with Crippen LogP contribution in [0.15, 0.2) is 67.0 Å². The summed E-state index contributed by atoms with van der Waals surface area (Å²) < 4.78 is 44.9. The van der Waals surface area contributed by atoms with E-state index in [1.807, 2.05) is 19.1 Å². The first-order chi connectivity index (χ1) is 19.8. The summed E-state index contributed by atoms with van der Waals surface area (Å²) in [5, 5.41) is 2.96. The number of nitrogens with one attached hydrogen (secondary N) is 1. The van der Waals surface area contributed by atoms with Crippen molar-refractivity contribution in [1.82, 2.24) is 20.3 Å². The third-order valence-electron chi connectivity index (χ3n) is 6.50. The van der Waals surface area contributed by atoms with Crippen molar-refractivity contribution in [2.24, 2.45) is 0 Å². The van der Waals surface area contributed by atoms with Crippen LogP contribution in [0.2, 0.25) is 0 Å². The van der Waals surface area contributed by atoms with Crippen LogP contribution in [0.25, 0.3) is 22.3 Å². The number of carbonyl (C=O) groups is 2. The summed E-state index contributed by atoms with van der Waals surface area (Å²) in [6, 6.07) is 13.2. The highest BCUT2D eigenvalue weighted by Gasteiger charge is 2.30. The van der Waals surface area contributed by atoms with Crippen molar-refractivity contribution in [3.63, 3.8) is 0 Å². The average molecular weight is 579 g/mol. The van der Waals surface area contributed by atoms with Crippen molar-refractivity contribution in [3.05, 3.63) is 89.4 Å². The fourth-order valence-electron chi connectivity index (χ4n) is 4.42. The summed E-state index contributed by atoms with van der Waals surface area (Å²) in [6.07, 6.45) is 0.641. The van der Waals surface area contributed by atoms with Gasteiger partial charge in [0.15, 0.2) is 0 Å². The zero-order valence-corrected chi connectivity index (χ0v) is 24.0. The van der Waals surface area contributed by atoms with Gasteiger partial charge in [-0.1, -0.05) is 12.1 Å². The van der Waals surface area contributed by atoms with Gasteiger partial charge in [-0.25, -0.2) is 9.97 Å². The van der Waals surface area contributed by atoms with Gasteiger partial charge >= 0.3 is 12.1 Å². The van der Waals surface area contributed by atoms with E-state index in [1.165, 1.54) is 12.1 Å². The van der Waals surface area contributed by atoms with Crippen LogP contribution in [0.4, 0.5) is 13.2 Å².